The van der Waals surface area contributed by atoms with Gasteiger partial charge in [-0.3, -0.25) is 4.79 Å². The lowest BCUT2D eigenvalue weighted by molar-refractivity contribution is -0.147. The second kappa shape index (κ2) is 5.56. The van der Waals surface area contributed by atoms with Crippen molar-refractivity contribution in [3.8, 4) is 0 Å². The average molecular weight is 258 g/mol. The van der Waals surface area contributed by atoms with Crippen molar-refractivity contribution in [3.05, 3.63) is 0 Å². The predicted octanol–water partition coefficient (Wildman–Crippen LogP) is 0.606. The van der Waals surface area contributed by atoms with E-state index in [-0.39, 0.29) is 12.6 Å². The van der Waals surface area contributed by atoms with E-state index in [1.807, 2.05) is 0 Å². The maximum atomic E-state index is 12.0. The van der Waals surface area contributed by atoms with E-state index in [4.69, 9.17) is 5.11 Å². The molecular weight excluding hydrogens is 236 g/mol. The van der Waals surface area contributed by atoms with Gasteiger partial charge in [0.25, 0.3) is 0 Å². The van der Waals surface area contributed by atoms with Crippen LogP contribution in [-0.4, -0.2) is 64.8 Å². The summed E-state index contributed by atoms with van der Waals surface area (Å²) in [5.74, 6) is -0.857. The van der Waals surface area contributed by atoms with Gasteiger partial charge in [0.1, 0.15) is 0 Å². The van der Waals surface area contributed by atoms with Crippen molar-refractivity contribution in [2.75, 3.05) is 26.7 Å². The smallest absolute Gasteiger partial charge is 0.319 e. The van der Waals surface area contributed by atoms with Crippen molar-refractivity contribution in [1.29, 1.82) is 0 Å². The minimum atomic E-state index is -0.857. The molecule has 6 nitrogen and oxygen atoms in total. The Bertz CT molecular complexity index is 332. The van der Waals surface area contributed by atoms with Gasteiger partial charge in [-0.25, -0.2) is 4.79 Å². The topological polar surface area (TPSA) is 81.1 Å². The summed E-state index contributed by atoms with van der Waals surface area (Å²) >= 11 is 0. The summed E-state index contributed by atoms with van der Waals surface area (Å²) in [6, 6.07) is -0.166. The number of rotatable bonds is 4. The van der Waals surface area contributed by atoms with Crippen LogP contribution >= 0.6 is 0 Å². The van der Waals surface area contributed by atoms with E-state index in [0.29, 0.717) is 25.9 Å². The first-order valence-corrected chi connectivity index (χ1v) is 6.18. The van der Waals surface area contributed by atoms with Crippen molar-refractivity contribution >= 4 is 12.0 Å². The molecule has 0 aromatic carbocycles. The van der Waals surface area contributed by atoms with E-state index in [1.54, 1.807) is 25.8 Å². The maximum Gasteiger partial charge on any atom is 0.319 e. The summed E-state index contributed by atoms with van der Waals surface area (Å²) in [6.07, 6.45) is 0.563. The lowest BCUT2D eigenvalue weighted by Crippen LogP contribution is -2.42. The SMILES string of the molecule is CC(O)CCN(C)C(=O)N1CCC(C)(C(=O)O)C1. The van der Waals surface area contributed by atoms with Gasteiger partial charge >= 0.3 is 12.0 Å². The number of aliphatic hydroxyl groups is 1. The molecule has 0 saturated carbocycles. The molecule has 1 aliphatic heterocycles. The van der Waals surface area contributed by atoms with Crippen molar-refractivity contribution in [3.63, 3.8) is 0 Å². The Labute approximate surface area is 107 Å². The molecular formula is C12H22N2O4. The second-order valence-corrected chi connectivity index (χ2v) is 5.38. The number of carboxylic acid groups (broad SMARTS) is 1. The molecule has 18 heavy (non-hydrogen) atoms. The largest absolute Gasteiger partial charge is 0.481 e. The van der Waals surface area contributed by atoms with Crippen LogP contribution in [-0.2, 0) is 4.79 Å². The molecule has 0 aliphatic carbocycles. The molecule has 104 valence electrons. The zero-order chi connectivity index (χ0) is 13.9. The zero-order valence-corrected chi connectivity index (χ0v) is 11.2. The van der Waals surface area contributed by atoms with Crippen molar-refractivity contribution in [2.45, 2.75) is 32.8 Å². The second-order valence-electron chi connectivity index (χ2n) is 5.38. The third kappa shape index (κ3) is 3.35. The molecule has 0 bridgehead atoms. The monoisotopic (exact) mass is 258 g/mol. The Kier molecular flexibility index (Phi) is 4.56. The van der Waals surface area contributed by atoms with E-state index in [9.17, 15) is 14.7 Å². The minimum Gasteiger partial charge on any atom is -0.481 e. The van der Waals surface area contributed by atoms with Crippen molar-refractivity contribution in [1.82, 2.24) is 9.80 Å². The van der Waals surface area contributed by atoms with E-state index in [1.165, 1.54) is 4.90 Å². The highest BCUT2D eigenvalue weighted by Gasteiger charge is 2.42. The number of carboxylic acids is 1. The first-order valence-electron chi connectivity index (χ1n) is 6.18. The van der Waals surface area contributed by atoms with Crippen LogP contribution in [0.15, 0.2) is 0 Å². The number of hydrogen-bond donors (Lipinski definition) is 2. The zero-order valence-electron chi connectivity index (χ0n) is 11.2. The average Bonchev–Trinajstić information content (AvgIpc) is 2.69. The Morgan fingerprint density at radius 1 is 1.50 bits per heavy atom. The highest BCUT2D eigenvalue weighted by molar-refractivity contribution is 5.79. The normalized spacial score (nSPS) is 25.0. The molecule has 1 aliphatic rings. The lowest BCUT2D eigenvalue weighted by atomic mass is 9.90. The Hall–Kier alpha value is -1.30. The molecule has 0 aromatic rings. The number of nitrogens with zero attached hydrogens (tertiary/aromatic N) is 2. The fourth-order valence-electron chi connectivity index (χ4n) is 2.02. The van der Waals surface area contributed by atoms with E-state index >= 15 is 0 Å². The molecule has 1 saturated heterocycles. The summed E-state index contributed by atoms with van der Waals surface area (Å²) in [7, 11) is 1.67. The first-order chi connectivity index (χ1) is 8.26. The maximum absolute atomic E-state index is 12.0. The van der Waals surface area contributed by atoms with Crippen molar-refractivity contribution < 1.29 is 19.8 Å². The van der Waals surface area contributed by atoms with Gasteiger partial charge in [0.15, 0.2) is 0 Å². The fraction of sp³-hybridized carbons (Fsp3) is 0.833. The van der Waals surface area contributed by atoms with Gasteiger partial charge in [0.05, 0.1) is 11.5 Å². The highest BCUT2D eigenvalue weighted by atomic mass is 16.4. The molecule has 6 heteroatoms. The number of urea groups is 1. The Balaban J connectivity index is 2.52. The summed E-state index contributed by atoms with van der Waals surface area (Å²) < 4.78 is 0. The summed E-state index contributed by atoms with van der Waals surface area (Å²) in [5.41, 5.74) is -0.833. The third-order valence-electron chi connectivity index (χ3n) is 3.47. The van der Waals surface area contributed by atoms with E-state index < -0.39 is 17.5 Å². The third-order valence-corrected chi connectivity index (χ3v) is 3.47. The summed E-state index contributed by atoms with van der Waals surface area (Å²) in [6.45, 7) is 4.53. The number of aliphatic hydroxyl groups excluding tert-OH is 1. The number of amides is 2. The fourth-order valence-corrected chi connectivity index (χ4v) is 2.02. The van der Waals surface area contributed by atoms with Gasteiger partial charge in [-0.2, -0.15) is 0 Å². The van der Waals surface area contributed by atoms with Crippen LogP contribution in [0, 0.1) is 5.41 Å². The molecule has 1 rings (SSSR count). The van der Waals surface area contributed by atoms with E-state index in [0.717, 1.165) is 0 Å². The van der Waals surface area contributed by atoms with Crippen LogP contribution in [0.4, 0.5) is 4.79 Å². The van der Waals surface area contributed by atoms with Crippen LogP contribution in [0.3, 0.4) is 0 Å². The van der Waals surface area contributed by atoms with Crippen LogP contribution in [0.1, 0.15) is 26.7 Å². The molecule has 1 fully saturated rings. The van der Waals surface area contributed by atoms with Gasteiger partial charge in [0.2, 0.25) is 0 Å². The van der Waals surface area contributed by atoms with Gasteiger partial charge in [0, 0.05) is 26.7 Å². The standard InChI is InChI=1S/C12H22N2O4/c1-9(15)4-6-13(3)11(18)14-7-5-12(2,8-14)10(16)17/h9,15H,4-8H2,1-3H3,(H,16,17). The van der Waals surface area contributed by atoms with Crippen LogP contribution in [0.5, 0.6) is 0 Å². The van der Waals surface area contributed by atoms with Crippen molar-refractivity contribution in [2.24, 2.45) is 5.41 Å². The predicted molar refractivity (Wildman–Crippen MR) is 66.3 cm³/mol. The molecule has 0 aromatic heterocycles. The molecule has 1 heterocycles. The number of carbonyl (C=O) groups excluding carboxylic acids is 1. The van der Waals surface area contributed by atoms with Crippen LogP contribution < -0.4 is 0 Å². The molecule has 2 amide bonds. The number of aliphatic carboxylic acids is 1. The summed E-state index contributed by atoms with van der Waals surface area (Å²) in [5, 5.41) is 18.3. The molecule has 2 N–H and O–H groups in total. The quantitative estimate of drug-likeness (QED) is 0.774. The molecule has 0 spiro atoms. The Morgan fingerprint density at radius 2 is 2.11 bits per heavy atom. The Morgan fingerprint density at radius 3 is 2.56 bits per heavy atom. The minimum absolute atomic E-state index is 0.166. The molecule has 2 unspecified atom stereocenters. The molecule has 2 atom stereocenters. The molecule has 0 radical (unpaired) electrons. The van der Waals surface area contributed by atoms with Gasteiger partial charge in [-0.1, -0.05) is 0 Å². The highest BCUT2D eigenvalue weighted by Crippen LogP contribution is 2.30. The first kappa shape index (κ1) is 14.8. The van der Waals surface area contributed by atoms with Gasteiger partial charge < -0.3 is 20.0 Å². The lowest BCUT2D eigenvalue weighted by Gasteiger charge is -2.26. The van der Waals surface area contributed by atoms with Gasteiger partial charge in [-0.05, 0) is 26.7 Å². The number of carbonyl (C=O) groups is 2. The van der Waals surface area contributed by atoms with E-state index in [2.05, 4.69) is 0 Å². The van der Waals surface area contributed by atoms with Gasteiger partial charge in [-0.15, -0.1) is 0 Å². The number of likely N-dealkylation sites (tertiary alicyclic amines) is 1. The summed E-state index contributed by atoms with van der Waals surface area (Å²) in [4.78, 5) is 26.2. The van der Waals surface area contributed by atoms with Crippen LogP contribution in [0.2, 0.25) is 0 Å². The number of hydrogen-bond acceptors (Lipinski definition) is 3. The van der Waals surface area contributed by atoms with Crippen LogP contribution in [0.25, 0.3) is 0 Å².